The van der Waals surface area contributed by atoms with Crippen LogP contribution in [-0.2, 0) is 6.42 Å². The molecule has 0 bridgehead atoms. The molecule has 1 aromatic heterocycles. The summed E-state index contributed by atoms with van der Waals surface area (Å²) in [5.41, 5.74) is 7.77. The average Bonchev–Trinajstić information content (AvgIpc) is 3.66. The van der Waals surface area contributed by atoms with E-state index < -0.39 is 0 Å². The van der Waals surface area contributed by atoms with Crippen LogP contribution in [0.15, 0.2) is 59.7 Å². The van der Waals surface area contributed by atoms with Gasteiger partial charge in [0.25, 0.3) is 5.91 Å². The highest BCUT2D eigenvalue weighted by molar-refractivity contribution is 5.95. The molecule has 41 heavy (non-hydrogen) atoms. The van der Waals surface area contributed by atoms with Gasteiger partial charge in [-0.05, 0) is 77.5 Å². The van der Waals surface area contributed by atoms with Crippen molar-refractivity contribution in [2.45, 2.75) is 12.5 Å². The summed E-state index contributed by atoms with van der Waals surface area (Å²) in [5, 5.41) is 16.8. The fourth-order valence-electron chi connectivity index (χ4n) is 5.15. The monoisotopic (exact) mass is 554 g/mol. The molecule has 0 radical (unpaired) electrons. The predicted octanol–water partition coefficient (Wildman–Crippen LogP) is 2.81. The van der Waals surface area contributed by atoms with E-state index in [1.165, 1.54) is 0 Å². The number of nitrogens with zero attached hydrogens (tertiary/aromatic N) is 7. The Morgan fingerprint density at radius 1 is 1.15 bits per heavy atom. The van der Waals surface area contributed by atoms with E-state index in [2.05, 4.69) is 31.0 Å². The Kier molecular flexibility index (Phi) is 6.98. The number of nitrogens with one attached hydrogen (secondary N) is 1. The number of benzene rings is 3. The smallest absolute Gasteiger partial charge is 0.271 e. The number of fused-ring (bicyclic) bond motifs is 2. The second-order valence-corrected chi connectivity index (χ2v) is 10.0. The lowest BCUT2D eigenvalue weighted by Crippen LogP contribution is -2.35. The lowest BCUT2D eigenvalue weighted by atomic mass is 9.90. The molecule has 12 nitrogen and oxygen atoms in total. The highest BCUT2D eigenvalue weighted by atomic mass is 16.7. The second kappa shape index (κ2) is 10.9. The molecule has 3 aromatic carbocycles. The Labute approximate surface area is 237 Å². The van der Waals surface area contributed by atoms with Gasteiger partial charge in [0.1, 0.15) is 6.04 Å². The van der Waals surface area contributed by atoms with Crippen LogP contribution in [0.1, 0.15) is 38.9 Å². The molecule has 210 valence electrons. The summed E-state index contributed by atoms with van der Waals surface area (Å²) in [7, 11) is 7.62. The lowest BCUT2D eigenvalue weighted by molar-refractivity contribution is 0.0955. The predicted molar refractivity (Wildman–Crippen MR) is 152 cm³/mol. The number of likely N-dealkylation sites (N-methyl/N-ethyl adjacent to an activating group) is 1. The fraction of sp³-hybridized carbons (Fsp3) is 0.276. The third-order valence-electron chi connectivity index (χ3n) is 7.30. The van der Waals surface area contributed by atoms with Crippen molar-refractivity contribution < 1.29 is 19.0 Å². The Hall–Kier alpha value is -4.97. The maximum atomic E-state index is 12.7. The zero-order valence-corrected chi connectivity index (χ0v) is 23.2. The van der Waals surface area contributed by atoms with Crippen molar-refractivity contribution in [2.24, 2.45) is 5.10 Å². The number of rotatable bonds is 7. The van der Waals surface area contributed by atoms with Crippen molar-refractivity contribution in [1.82, 2.24) is 30.5 Å². The molecular weight excluding hydrogens is 524 g/mol. The number of carbonyl (C=O) groups excluding carboxylic acids is 1. The topological polar surface area (TPSA) is 119 Å². The minimum absolute atomic E-state index is 0.155. The molecule has 1 unspecified atom stereocenters. The van der Waals surface area contributed by atoms with E-state index in [0.717, 1.165) is 35.3 Å². The third kappa shape index (κ3) is 4.93. The summed E-state index contributed by atoms with van der Waals surface area (Å²) in [6.07, 6.45) is 2.43. The molecule has 4 aromatic rings. The number of aromatic nitrogens is 4. The van der Waals surface area contributed by atoms with Crippen LogP contribution < -0.4 is 24.5 Å². The minimum atomic E-state index is -0.323. The van der Waals surface area contributed by atoms with Crippen LogP contribution >= 0.6 is 0 Å². The van der Waals surface area contributed by atoms with Crippen molar-refractivity contribution >= 4 is 17.8 Å². The van der Waals surface area contributed by atoms with Crippen LogP contribution in [0, 0.1) is 0 Å². The number of carbonyl (C=O) groups is 1. The lowest BCUT2D eigenvalue weighted by Gasteiger charge is -2.34. The van der Waals surface area contributed by atoms with Crippen molar-refractivity contribution in [3.05, 3.63) is 82.7 Å². The van der Waals surface area contributed by atoms with Gasteiger partial charge in [-0.25, -0.2) is 5.43 Å². The Balaban J connectivity index is 1.23. The van der Waals surface area contributed by atoms with Crippen LogP contribution in [0.25, 0.3) is 5.69 Å². The average molecular weight is 555 g/mol. The normalized spacial score (nSPS) is 16.0. The minimum Gasteiger partial charge on any atom is -0.492 e. The standard InChI is InChI=1S/C29H30N8O4/c1-35(2)21-9-5-18(6-10-21)16-30-32-29(38)19-7-11-22(12-8-19)37-28(31-33-34-37)25-24-20(13-14-36(25)3)15-23-26(27(24)39-4)41-17-40-23/h5-12,15-16,25H,13-14,17H2,1-4H3,(H,32,38)/b30-16+. The summed E-state index contributed by atoms with van der Waals surface area (Å²) >= 11 is 0. The summed E-state index contributed by atoms with van der Waals surface area (Å²) in [6, 6.07) is 16.6. The van der Waals surface area contributed by atoms with Gasteiger partial charge in [0, 0.05) is 37.5 Å². The first-order valence-electron chi connectivity index (χ1n) is 13.1. The highest BCUT2D eigenvalue weighted by Crippen LogP contribution is 2.50. The van der Waals surface area contributed by atoms with E-state index in [1.807, 2.05) is 56.4 Å². The molecule has 2 aliphatic heterocycles. The number of anilines is 1. The molecule has 1 amide bonds. The van der Waals surface area contributed by atoms with Gasteiger partial charge in [-0.2, -0.15) is 9.78 Å². The van der Waals surface area contributed by atoms with Gasteiger partial charge in [0.05, 0.1) is 19.0 Å². The van der Waals surface area contributed by atoms with Crippen LogP contribution in [0.2, 0.25) is 0 Å². The number of ether oxygens (including phenoxy) is 3. The molecule has 0 saturated heterocycles. The van der Waals surface area contributed by atoms with Gasteiger partial charge >= 0.3 is 0 Å². The molecule has 12 heteroatoms. The van der Waals surface area contributed by atoms with Gasteiger partial charge in [-0.15, -0.1) is 5.10 Å². The van der Waals surface area contributed by atoms with E-state index in [1.54, 1.807) is 42.3 Å². The van der Waals surface area contributed by atoms with Gasteiger partial charge in [0.2, 0.25) is 12.5 Å². The maximum Gasteiger partial charge on any atom is 0.271 e. The van der Waals surface area contributed by atoms with Crippen molar-refractivity contribution in [1.29, 1.82) is 0 Å². The molecule has 1 atom stereocenters. The largest absolute Gasteiger partial charge is 0.492 e. The number of amides is 1. The van der Waals surface area contributed by atoms with E-state index in [0.29, 0.717) is 34.3 Å². The fourth-order valence-corrected chi connectivity index (χ4v) is 5.15. The van der Waals surface area contributed by atoms with Crippen LogP contribution in [0.4, 0.5) is 5.69 Å². The quantitative estimate of drug-likeness (QED) is 0.272. The molecule has 0 spiro atoms. The first-order chi connectivity index (χ1) is 19.9. The van der Waals surface area contributed by atoms with E-state index >= 15 is 0 Å². The molecule has 0 saturated carbocycles. The number of methoxy groups -OCH3 is 1. The zero-order valence-electron chi connectivity index (χ0n) is 23.2. The van der Waals surface area contributed by atoms with Gasteiger partial charge in [-0.1, -0.05) is 12.1 Å². The molecule has 6 rings (SSSR count). The molecule has 3 heterocycles. The third-order valence-corrected chi connectivity index (χ3v) is 7.30. The second-order valence-electron chi connectivity index (χ2n) is 10.0. The van der Waals surface area contributed by atoms with Gasteiger partial charge < -0.3 is 19.1 Å². The summed E-state index contributed by atoms with van der Waals surface area (Å²) < 4.78 is 18.9. The zero-order chi connectivity index (χ0) is 28.5. The molecule has 0 aliphatic carbocycles. The first kappa shape index (κ1) is 26.3. The summed E-state index contributed by atoms with van der Waals surface area (Å²) in [6.45, 7) is 0.953. The van der Waals surface area contributed by atoms with E-state index in [-0.39, 0.29) is 18.7 Å². The Morgan fingerprint density at radius 2 is 1.93 bits per heavy atom. The number of hydrogen-bond donors (Lipinski definition) is 1. The Morgan fingerprint density at radius 3 is 2.66 bits per heavy atom. The Bertz CT molecular complexity index is 1600. The van der Waals surface area contributed by atoms with E-state index in [9.17, 15) is 4.79 Å². The SMILES string of the molecule is COc1c2c(cc3c1C(c1nnnn1-c1ccc(C(=O)N/N=C/c4ccc(N(C)C)cc4)cc1)N(C)CC3)OCO2. The molecule has 0 fully saturated rings. The number of hydrogen-bond acceptors (Lipinski definition) is 10. The van der Waals surface area contributed by atoms with Crippen LogP contribution in [0.3, 0.4) is 0 Å². The van der Waals surface area contributed by atoms with Crippen LogP contribution in [0.5, 0.6) is 17.2 Å². The summed E-state index contributed by atoms with van der Waals surface area (Å²) in [5.74, 6) is 2.20. The van der Waals surface area contributed by atoms with Gasteiger partial charge in [-0.3, -0.25) is 9.69 Å². The van der Waals surface area contributed by atoms with Crippen LogP contribution in [-0.4, -0.2) is 78.8 Å². The van der Waals surface area contributed by atoms with E-state index in [4.69, 9.17) is 14.2 Å². The van der Waals surface area contributed by atoms with Crippen molar-refractivity contribution in [3.8, 4) is 22.9 Å². The van der Waals surface area contributed by atoms with Crippen molar-refractivity contribution in [2.75, 3.05) is 46.5 Å². The van der Waals surface area contributed by atoms with Crippen molar-refractivity contribution in [3.63, 3.8) is 0 Å². The highest BCUT2D eigenvalue weighted by Gasteiger charge is 2.37. The number of hydrazone groups is 1. The maximum absolute atomic E-state index is 12.7. The van der Waals surface area contributed by atoms with Gasteiger partial charge in [0.15, 0.2) is 17.3 Å². The molecule has 1 N–H and O–H groups in total. The summed E-state index contributed by atoms with van der Waals surface area (Å²) in [4.78, 5) is 16.9. The molecule has 2 aliphatic rings. The molecular formula is C29H30N8O4. The first-order valence-corrected chi connectivity index (χ1v) is 13.1. The number of tetrazole rings is 1.